The van der Waals surface area contributed by atoms with Crippen LogP contribution in [0, 0.1) is 11.8 Å². The number of alkyl halides is 3. The Bertz CT molecular complexity index is 583. The molecule has 1 heterocycles. The van der Waals surface area contributed by atoms with Gasteiger partial charge in [-0.05, 0) is 31.4 Å². The summed E-state index contributed by atoms with van der Waals surface area (Å²) < 4.78 is 37.8. The molecule has 1 saturated carbocycles. The number of amides is 1. The van der Waals surface area contributed by atoms with Gasteiger partial charge in [-0.3, -0.25) is 9.59 Å². The molecule has 0 radical (unpaired) electrons. The number of H-pyrrole nitrogens is 1. The fourth-order valence-electron chi connectivity index (χ4n) is 2.63. The minimum absolute atomic E-state index is 0.00915. The predicted octanol–water partition coefficient (Wildman–Crippen LogP) is 1.71. The van der Waals surface area contributed by atoms with Crippen LogP contribution in [-0.4, -0.2) is 17.4 Å². The number of nitrogens with one attached hydrogen (secondary N) is 2. The smallest absolute Gasteiger partial charge is 0.330 e. The third kappa shape index (κ3) is 3.44. The van der Waals surface area contributed by atoms with E-state index >= 15 is 0 Å². The molecular formula is C13H16F3N3O2. The second-order valence-electron chi connectivity index (χ2n) is 5.15. The molecule has 1 aromatic rings. The molecule has 1 fully saturated rings. The van der Waals surface area contributed by atoms with Crippen molar-refractivity contribution in [1.29, 1.82) is 0 Å². The number of aromatic nitrogens is 1. The summed E-state index contributed by atoms with van der Waals surface area (Å²) in [5.41, 5.74) is 3.40. The van der Waals surface area contributed by atoms with Crippen LogP contribution in [0.1, 0.15) is 24.8 Å². The van der Waals surface area contributed by atoms with Crippen LogP contribution in [0.25, 0.3) is 0 Å². The SMILES string of the molecule is NC[C@H]1CCC[C@H]1C(=O)Nc1cc(C(F)(F)F)c[nH]c1=O. The van der Waals surface area contributed by atoms with Crippen LogP contribution < -0.4 is 16.6 Å². The second-order valence-corrected chi connectivity index (χ2v) is 5.15. The van der Waals surface area contributed by atoms with Crippen LogP contribution >= 0.6 is 0 Å². The molecule has 0 aromatic carbocycles. The molecule has 2 rings (SSSR count). The normalized spacial score (nSPS) is 22.3. The zero-order valence-electron chi connectivity index (χ0n) is 11.2. The molecule has 8 heteroatoms. The first-order valence-corrected chi connectivity index (χ1v) is 6.63. The van der Waals surface area contributed by atoms with Crippen LogP contribution in [0.5, 0.6) is 0 Å². The van der Waals surface area contributed by atoms with Crippen molar-refractivity contribution in [1.82, 2.24) is 4.98 Å². The summed E-state index contributed by atoms with van der Waals surface area (Å²) in [5, 5.41) is 2.29. The van der Waals surface area contributed by atoms with E-state index in [2.05, 4.69) is 5.32 Å². The van der Waals surface area contributed by atoms with Gasteiger partial charge in [0, 0.05) is 12.1 Å². The fraction of sp³-hybridized carbons (Fsp3) is 0.538. The van der Waals surface area contributed by atoms with E-state index in [4.69, 9.17) is 5.73 Å². The molecular weight excluding hydrogens is 287 g/mol. The van der Waals surface area contributed by atoms with Crippen LogP contribution in [-0.2, 0) is 11.0 Å². The highest BCUT2D eigenvalue weighted by atomic mass is 19.4. The Hall–Kier alpha value is -1.83. The van der Waals surface area contributed by atoms with Gasteiger partial charge in [0.2, 0.25) is 5.91 Å². The van der Waals surface area contributed by atoms with Crippen LogP contribution in [0.2, 0.25) is 0 Å². The van der Waals surface area contributed by atoms with Crippen LogP contribution in [0.4, 0.5) is 18.9 Å². The molecule has 4 N–H and O–H groups in total. The Kier molecular flexibility index (Phi) is 4.36. The Morgan fingerprint density at radius 1 is 1.43 bits per heavy atom. The minimum Gasteiger partial charge on any atom is -0.330 e. The van der Waals surface area contributed by atoms with Gasteiger partial charge in [-0.25, -0.2) is 0 Å². The lowest BCUT2D eigenvalue weighted by atomic mass is 9.95. The van der Waals surface area contributed by atoms with Gasteiger partial charge in [0.15, 0.2) is 0 Å². The number of anilines is 1. The van der Waals surface area contributed by atoms with Crippen molar-refractivity contribution < 1.29 is 18.0 Å². The number of carbonyl (C=O) groups excluding carboxylic acids is 1. The standard InChI is InChI=1S/C13H16F3N3O2/c14-13(15,16)8-4-10(12(21)18-6-8)19-11(20)9-3-1-2-7(9)5-17/h4,6-7,9H,1-3,5,17H2,(H,18,21)(H,19,20)/t7-,9-/m1/s1. The molecule has 1 aromatic heterocycles. The number of nitrogens with two attached hydrogens (primary N) is 1. The van der Waals surface area contributed by atoms with E-state index in [-0.39, 0.29) is 11.8 Å². The van der Waals surface area contributed by atoms with E-state index in [0.717, 1.165) is 12.8 Å². The molecule has 21 heavy (non-hydrogen) atoms. The molecule has 0 spiro atoms. The molecule has 0 saturated heterocycles. The monoisotopic (exact) mass is 303 g/mol. The van der Waals surface area contributed by atoms with Gasteiger partial charge in [0.05, 0.1) is 5.56 Å². The summed E-state index contributed by atoms with van der Waals surface area (Å²) in [6.07, 6.45) is -1.72. The summed E-state index contributed by atoms with van der Waals surface area (Å²) >= 11 is 0. The second kappa shape index (κ2) is 5.88. The van der Waals surface area contributed by atoms with E-state index in [1.165, 1.54) is 0 Å². The number of pyridine rings is 1. The van der Waals surface area contributed by atoms with Crippen molar-refractivity contribution in [2.24, 2.45) is 17.6 Å². The summed E-state index contributed by atoms with van der Waals surface area (Å²) in [7, 11) is 0. The number of aromatic amines is 1. The van der Waals surface area contributed by atoms with E-state index in [1.54, 1.807) is 0 Å². The van der Waals surface area contributed by atoms with Gasteiger partial charge in [-0.1, -0.05) is 6.42 Å². The highest BCUT2D eigenvalue weighted by Crippen LogP contribution is 2.32. The van der Waals surface area contributed by atoms with Gasteiger partial charge in [-0.15, -0.1) is 0 Å². The van der Waals surface area contributed by atoms with Gasteiger partial charge in [0.1, 0.15) is 5.69 Å². The third-order valence-electron chi connectivity index (χ3n) is 3.79. The molecule has 2 atom stereocenters. The van der Waals surface area contributed by atoms with E-state index < -0.39 is 28.9 Å². The maximum absolute atomic E-state index is 12.6. The van der Waals surface area contributed by atoms with E-state index in [0.29, 0.717) is 25.2 Å². The Balaban J connectivity index is 2.19. The lowest BCUT2D eigenvalue weighted by Gasteiger charge is -2.17. The lowest BCUT2D eigenvalue weighted by Crippen LogP contribution is -2.31. The maximum Gasteiger partial charge on any atom is 0.417 e. The molecule has 0 unspecified atom stereocenters. The van der Waals surface area contributed by atoms with E-state index in [9.17, 15) is 22.8 Å². The molecule has 1 aliphatic rings. The summed E-state index contributed by atoms with van der Waals surface area (Å²) in [6, 6.07) is 0.642. The van der Waals surface area contributed by atoms with Crippen LogP contribution in [0.15, 0.2) is 17.1 Å². The summed E-state index contributed by atoms with van der Waals surface area (Å²) in [6.45, 7) is 0.344. The Labute approximate surface area is 118 Å². The number of hydrogen-bond donors (Lipinski definition) is 3. The lowest BCUT2D eigenvalue weighted by molar-refractivity contribution is -0.137. The van der Waals surface area contributed by atoms with Crippen molar-refractivity contribution >= 4 is 11.6 Å². The van der Waals surface area contributed by atoms with E-state index in [1.807, 2.05) is 4.98 Å². The maximum atomic E-state index is 12.6. The Morgan fingerprint density at radius 3 is 2.76 bits per heavy atom. The summed E-state index contributed by atoms with van der Waals surface area (Å²) in [4.78, 5) is 25.6. The first kappa shape index (κ1) is 15.6. The zero-order chi connectivity index (χ0) is 15.6. The first-order valence-electron chi connectivity index (χ1n) is 6.63. The van der Waals surface area contributed by atoms with Gasteiger partial charge < -0.3 is 16.0 Å². The van der Waals surface area contributed by atoms with Crippen molar-refractivity contribution in [3.8, 4) is 0 Å². The molecule has 1 amide bonds. The molecule has 116 valence electrons. The largest absolute Gasteiger partial charge is 0.417 e. The van der Waals surface area contributed by atoms with Gasteiger partial charge in [-0.2, -0.15) is 13.2 Å². The minimum atomic E-state index is -4.59. The average Bonchev–Trinajstić information content (AvgIpc) is 2.88. The predicted molar refractivity (Wildman–Crippen MR) is 70.6 cm³/mol. The number of halogens is 3. The zero-order valence-corrected chi connectivity index (χ0v) is 11.2. The quantitative estimate of drug-likeness (QED) is 0.794. The van der Waals surface area contributed by atoms with Crippen LogP contribution in [0.3, 0.4) is 0 Å². The fourth-order valence-corrected chi connectivity index (χ4v) is 2.63. The van der Waals surface area contributed by atoms with Crippen molar-refractivity contribution in [3.63, 3.8) is 0 Å². The molecule has 0 aliphatic heterocycles. The van der Waals surface area contributed by atoms with Crippen molar-refractivity contribution in [2.75, 3.05) is 11.9 Å². The summed E-state index contributed by atoms with van der Waals surface area (Å²) in [5.74, 6) is -0.799. The number of hydrogen-bond acceptors (Lipinski definition) is 3. The van der Waals surface area contributed by atoms with Gasteiger partial charge >= 0.3 is 6.18 Å². The Morgan fingerprint density at radius 2 is 2.14 bits per heavy atom. The molecule has 0 bridgehead atoms. The number of carbonyl (C=O) groups is 1. The average molecular weight is 303 g/mol. The first-order chi connectivity index (χ1) is 9.82. The highest BCUT2D eigenvalue weighted by Gasteiger charge is 2.34. The van der Waals surface area contributed by atoms with Gasteiger partial charge in [0.25, 0.3) is 5.56 Å². The molecule has 5 nitrogen and oxygen atoms in total. The van der Waals surface area contributed by atoms with Crippen molar-refractivity contribution in [3.05, 3.63) is 28.2 Å². The topological polar surface area (TPSA) is 88.0 Å². The number of rotatable bonds is 3. The molecule has 1 aliphatic carbocycles. The third-order valence-corrected chi connectivity index (χ3v) is 3.79. The highest BCUT2D eigenvalue weighted by molar-refractivity contribution is 5.92. The van der Waals surface area contributed by atoms with Crippen molar-refractivity contribution in [2.45, 2.75) is 25.4 Å².